The van der Waals surface area contributed by atoms with Crippen LogP contribution in [0.2, 0.25) is 0 Å². The monoisotopic (exact) mass is 250 g/mol. The number of hydrogen-bond acceptors (Lipinski definition) is 2. The molecule has 2 amide bonds. The molecule has 1 atom stereocenters. The molecule has 2 saturated carbocycles. The standard InChI is InChI=1S/C14H22N2O2/c17-13-8-10(14(18)15-11-6-7-11)9-16(13)12-4-2-1-3-5-12/h10-12H,1-9H2,(H,15,18)/t10-/m1/s1. The fraction of sp³-hybridized carbons (Fsp3) is 0.857. The van der Waals surface area contributed by atoms with Crippen molar-refractivity contribution in [2.24, 2.45) is 5.92 Å². The molecule has 0 aromatic heterocycles. The van der Waals surface area contributed by atoms with Crippen LogP contribution in [0.25, 0.3) is 0 Å². The predicted octanol–water partition coefficient (Wildman–Crippen LogP) is 1.45. The maximum Gasteiger partial charge on any atom is 0.225 e. The fourth-order valence-electron chi connectivity index (χ4n) is 3.20. The highest BCUT2D eigenvalue weighted by Gasteiger charge is 2.39. The lowest BCUT2D eigenvalue weighted by atomic mass is 9.94. The molecule has 3 fully saturated rings. The van der Waals surface area contributed by atoms with Crippen molar-refractivity contribution in [3.8, 4) is 0 Å². The first-order valence-corrected chi connectivity index (χ1v) is 7.34. The van der Waals surface area contributed by atoms with Gasteiger partial charge in [0.1, 0.15) is 0 Å². The Hall–Kier alpha value is -1.06. The molecule has 0 aromatic rings. The van der Waals surface area contributed by atoms with Gasteiger partial charge in [-0.15, -0.1) is 0 Å². The number of hydrogen-bond donors (Lipinski definition) is 1. The second-order valence-corrected chi connectivity index (χ2v) is 6.02. The molecule has 2 aliphatic carbocycles. The molecule has 1 N–H and O–H groups in total. The fourth-order valence-corrected chi connectivity index (χ4v) is 3.20. The van der Waals surface area contributed by atoms with Crippen molar-refractivity contribution in [2.45, 2.75) is 63.5 Å². The number of carbonyl (C=O) groups excluding carboxylic acids is 2. The van der Waals surface area contributed by atoms with Crippen molar-refractivity contribution in [1.82, 2.24) is 10.2 Å². The summed E-state index contributed by atoms with van der Waals surface area (Å²) in [6, 6.07) is 0.807. The minimum Gasteiger partial charge on any atom is -0.353 e. The van der Waals surface area contributed by atoms with Gasteiger partial charge in [0.15, 0.2) is 0 Å². The molecule has 1 aliphatic heterocycles. The third kappa shape index (κ3) is 2.52. The minimum absolute atomic E-state index is 0.0972. The maximum absolute atomic E-state index is 12.0. The zero-order valence-corrected chi connectivity index (χ0v) is 10.9. The summed E-state index contributed by atoms with van der Waals surface area (Å²) in [5.41, 5.74) is 0. The zero-order chi connectivity index (χ0) is 12.5. The number of nitrogens with zero attached hydrogens (tertiary/aromatic N) is 1. The maximum atomic E-state index is 12.0. The highest BCUT2D eigenvalue weighted by Crippen LogP contribution is 2.29. The molecular weight excluding hydrogens is 228 g/mol. The van der Waals surface area contributed by atoms with Crippen molar-refractivity contribution in [3.63, 3.8) is 0 Å². The molecule has 0 radical (unpaired) electrons. The van der Waals surface area contributed by atoms with Gasteiger partial charge in [-0.1, -0.05) is 19.3 Å². The van der Waals surface area contributed by atoms with E-state index < -0.39 is 0 Å². The molecule has 1 saturated heterocycles. The summed E-state index contributed by atoms with van der Waals surface area (Å²) >= 11 is 0. The van der Waals surface area contributed by atoms with Gasteiger partial charge in [0.05, 0.1) is 5.92 Å². The largest absolute Gasteiger partial charge is 0.353 e. The number of nitrogens with one attached hydrogen (secondary N) is 1. The molecule has 0 aromatic carbocycles. The van der Waals surface area contributed by atoms with Crippen molar-refractivity contribution >= 4 is 11.8 Å². The Labute approximate surface area is 108 Å². The summed E-state index contributed by atoms with van der Waals surface area (Å²) in [7, 11) is 0. The van der Waals surface area contributed by atoms with Crippen LogP contribution in [-0.4, -0.2) is 35.3 Å². The van der Waals surface area contributed by atoms with Crippen LogP contribution in [0.4, 0.5) is 0 Å². The number of carbonyl (C=O) groups is 2. The second-order valence-electron chi connectivity index (χ2n) is 6.02. The average Bonchev–Trinajstić information content (AvgIpc) is 3.10. The summed E-state index contributed by atoms with van der Waals surface area (Å²) in [5, 5.41) is 3.02. The van der Waals surface area contributed by atoms with Gasteiger partial charge in [-0.3, -0.25) is 9.59 Å². The molecule has 100 valence electrons. The van der Waals surface area contributed by atoms with E-state index in [4.69, 9.17) is 0 Å². The topological polar surface area (TPSA) is 49.4 Å². The lowest BCUT2D eigenvalue weighted by Gasteiger charge is -2.31. The summed E-state index contributed by atoms with van der Waals surface area (Å²) in [4.78, 5) is 26.0. The summed E-state index contributed by atoms with van der Waals surface area (Å²) in [6.45, 7) is 0.655. The van der Waals surface area contributed by atoms with Gasteiger partial charge >= 0.3 is 0 Å². The first-order valence-electron chi connectivity index (χ1n) is 7.34. The van der Waals surface area contributed by atoms with Gasteiger partial charge in [0.25, 0.3) is 0 Å². The van der Waals surface area contributed by atoms with Crippen LogP contribution < -0.4 is 5.32 Å². The van der Waals surface area contributed by atoms with Gasteiger partial charge in [0, 0.05) is 25.0 Å². The Morgan fingerprint density at radius 1 is 1.11 bits per heavy atom. The van der Waals surface area contributed by atoms with Crippen LogP contribution in [0.1, 0.15) is 51.4 Å². The quantitative estimate of drug-likeness (QED) is 0.824. The van der Waals surface area contributed by atoms with Crippen LogP contribution in [0.15, 0.2) is 0 Å². The molecule has 0 bridgehead atoms. The van der Waals surface area contributed by atoms with Crippen molar-refractivity contribution in [1.29, 1.82) is 0 Å². The van der Waals surface area contributed by atoms with Gasteiger partial charge in [-0.05, 0) is 25.7 Å². The Morgan fingerprint density at radius 3 is 2.50 bits per heavy atom. The zero-order valence-electron chi connectivity index (χ0n) is 10.9. The molecular formula is C14H22N2O2. The number of amides is 2. The normalized spacial score (nSPS) is 29.7. The van der Waals surface area contributed by atoms with Gasteiger partial charge in [0.2, 0.25) is 11.8 Å². The van der Waals surface area contributed by atoms with Gasteiger partial charge in [-0.25, -0.2) is 0 Å². The van der Waals surface area contributed by atoms with Crippen molar-refractivity contribution < 1.29 is 9.59 Å². The van der Waals surface area contributed by atoms with Crippen LogP contribution in [0.3, 0.4) is 0 Å². The SMILES string of the molecule is O=C(NC1CC1)[C@@H]1CC(=O)N(C2CCCCC2)C1. The van der Waals surface area contributed by atoms with Gasteiger partial charge < -0.3 is 10.2 Å². The van der Waals surface area contributed by atoms with Crippen LogP contribution in [0, 0.1) is 5.92 Å². The Morgan fingerprint density at radius 2 is 1.83 bits per heavy atom. The van der Waals surface area contributed by atoms with E-state index in [0.29, 0.717) is 25.0 Å². The molecule has 4 nitrogen and oxygen atoms in total. The van der Waals surface area contributed by atoms with Crippen LogP contribution in [0.5, 0.6) is 0 Å². The summed E-state index contributed by atoms with van der Waals surface area (Å²) < 4.78 is 0. The highest BCUT2D eigenvalue weighted by atomic mass is 16.2. The van der Waals surface area contributed by atoms with E-state index in [1.807, 2.05) is 4.90 Å². The van der Waals surface area contributed by atoms with E-state index in [9.17, 15) is 9.59 Å². The molecule has 3 aliphatic rings. The van der Waals surface area contributed by atoms with E-state index in [1.165, 1.54) is 19.3 Å². The third-order valence-corrected chi connectivity index (χ3v) is 4.47. The van der Waals surface area contributed by atoms with Gasteiger partial charge in [-0.2, -0.15) is 0 Å². The smallest absolute Gasteiger partial charge is 0.225 e. The van der Waals surface area contributed by atoms with E-state index in [-0.39, 0.29) is 17.7 Å². The predicted molar refractivity (Wildman–Crippen MR) is 67.9 cm³/mol. The molecule has 0 spiro atoms. The number of rotatable bonds is 3. The lowest BCUT2D eigenvalue weighted by Crippen LogP contribution is -2.39. The molecule has 3 rings (SSSR count). The third-order valence-electron chi connectivity index (χ3n) is 4.47. The average molecular weight is 250 g/mol. The van der Waals surface area contributed by atoms with Crippen molar-refractivity contribution in [2.75, 3.05) is 6.54 Å². The van der Waals surface area contributed by atoms with E-state index in [2.05, 4.69) is 5.32 Å². The van der Waals surface area contributed by atoms with E-state index in [1.54, 1.807) is 0 Å². The summed E-state index contributed by atoms with van der Waals surface area (Å²) in [6.07, 6.45) is 8.66. The molecule has 1 heterocycles. The van der Waals surface area contributed by atoms with Crippen LogP contribution in [-0.2, 0) is 9.59 Å². The second kappa shape index (κ2) is 4.90. The van der Waals surface area contributed by atoms with Crippen LogP contribution >= 0.6 is 0 Å². The van der Waals surface area contributed by atoms with E-state index in [0.717, 1.165) is 25.7 Å². The highest BCUT2D eigenvalue weighted by molar-refractivity contribution is 5.89. The molecule has 18 heavy (non-hydrogen) atoms. The first-order chi connectivity index (χ1) is 8.74. The first kappa shape index (κ1) is 12.0. The Bertz CT molecular complexity index is 346. The Kier molecular flexibility index (Phi) is 3.27. The summed E-state index contributed by atoms with van der Waals surface area (Å²) in [5.74, 6) is 0.196. The lowest BCUT2D eigenvalue weighted by molar-refractivity contribution is -0.130. The number of likely N-dealkylation sites (tertiary alicyclic amines) is 1. The van der Waals surface area contributed by atoms with Crippen molar-refractivity contribution in [3.05, 3.63) is 0 Å². The van der Waals surface area contributed by atoms with E-state index >= 15 is 0 Å². The minimum atomic E-state index is -0.0972. The molecule has 0 unspecified atom stereocenters. The molecule has 4 heteroatoms. The Balaban J connectivity index is 1.56.